The molecular weight excluding hydrogens is 380 g/mol. The van der Waals surface area contributed by atoms with Crippen molar-refractivity contribution < 1.29 is 22.3 Å². The first-order chi connectivity index (χ1) is 14.0. The maximum Gasteiger partial charge on any atom is 0.201 e. The number of unbranched alkanes of at least 4 members (excludes halogenated alkanes) is 6. The lowest BCUT2D eigenvalue weighted by Crippen LogP contribution is -2.03. The van der Waals surface area contributed by atoms with Gasteiger partial charge in [0.2, 0.25) is 5.82 Å². The fourth-order valence-electron chi connectivity index (χ4n) is 3.29. The molecule has 0 fully saturated rings. The second-order valence-corrected chi connectivity index (χ2v) is 7.36. The monoisotopic (exact) mass is 410 g/mol. The van der Waals surface area contributed by atoms with E-state index in [1.807, 2.05) is 0 Å². The first kappa shape index (κ1) is 23.2. The van der Waals surface area contributed by atoms with Gasteiger partial charge in [0.15, 0.2) is 23.2 Å². The Morgan fingerprint density at radius 2 is 1.21 bits per heavy atom. The van der Waals surface area contributed by atoms with Gasteiger partial charge in [-0.3, -0.25) is 0 Å². The van der Waals surface area contributed by atoms with Gasteiger partial charge in [-0.15, -0.1) is 0 Å². The Morgan fingerprint density at radius 1 is 0.621 bits per heavy atom. The minimum absolute atomic E-state index is 0.212. The highest BCUT2D eigenvalue weighted by atomic mass is 19.2. The van der Waals surface area contributed by atoms with Crippen LogP contribution in [0.25, 0.3) is 11.1 Å². The number of hydrogen-bond donors (Lipinski definition) is 0. The van der Waals surface area contributed by atoms with Crippen LogP contribution in [-0.2, 0) is 6.42 Å². The first-order valence-electron chi connectivity index (χ1n) is 10.6. The van der Waals surface area contributed by atoms with Crippen LogP contribution in [0.2, 0.25) is 0 Å². The third kappa shape index (κ3) is 6.22. The van der Waals surface area contributed by atoms with Crippen LogP contribution in [0.5, 0.6) is 5.75 Å². The van der Waals surface area contributed by atoms with Gasteiger partial charge in [-0.25, -0.2) is 13.2 Å². The molecule has 2 aromatic carbocycles. The number of benzene rings is 2. The van der Waals surface area contributed by atoms with Gasteiger partial charge >= 0.3 is 0 Å². The van der Waals surface area contributed by atoms with E-state index in [4.69, 9.17) is 4.74 Å². The molecule has 0 saturated heterocycles. The molecule has 0 amide bonds. The van der Waals surface area contributed by atoms with Crippen LogP contribution in [0.3, 0.4) is 0 Å². The molecule has 0 unspecified atom stereocenters. The second kappa shape index (κ2) is 11.8. The molecule has 0 aliphatic carbocycles. The largest absolute Gasteiger partial charge is 0.490 e. The van der Waals surface area contributed by atoms with E-state index in [1.165, 1.54) is 24.3 Å². The molecular formula is C24H30F4O. The van der Waals surface area contributed by atoms with Crippen molar-refractivity contribution in [1.82, 2.24) is 0 Å². The normalized spacial score (nSPS) is 11.1. The summed E-state index contributed by atoms with van der Waals surface area (Å²) in [5.74, 6) is -4.76. The highest BCUT2D eigenvalue weighted by molar-refractivity contribution is 5.66. The SMILES string of the molecule is CCCCCCOc1ccc(-c2ccc(CCCCCC)c(F)c2F)c(F)c1F. The third-order valence-corrected chi connectivity index (χ3v) is 5.05. The minimum atomic E-state index is -1.23. The van der Waals surface area contributed by atoms with Gasteiger partial charge in [-0.05, 0) is 37.0 Å². The van der Waals surface area contributed by atoms with E-state index in [2.05, 4.69) is 13.8 Å². The summed E-state index contributed by atoms with van der Waals surface area (Å²) in [5.41, 5.74) is -0.337. The Morgan fingerprint density at radius 3 is 1.86 bits per heavy atom. The second-order valence-electron chi connectivity index (χ2n) is 7.36. The van der Waals surface area contributed by atoms with E-state index in [1.54, 1.807) is 0 Å². The molecule has 2 rings (SSSR count). The predicted octanol–water partition coefficient (Wildman–Crippen LogP) is 7.99. The lowest BCUT2D eigenvalue weighted by Gasteiger charge is -2.12. The van der Waals surface area contributed by atoms with E-state index < -0.39 is 23.3 Å². The molecule has 0 atom stereocenters. The number of halogens is 4. The van der Waals surface area contributed by atoms with Crippen molar-refractivity contribution in [2.24, 2.45) is 0 Å². The van der Waals surface area contributed by atoms with Crippen molar-refractivity contribution in [1.29, 1.82) is 0 Å². The molecule has 0 heterocycles. The molecule has 5 heteroatoms. The molecule has 2 aromatic rings. The molecule has 0 radical (unpaired) electrons. The number of hydrogen-bond acceptors (Lipinski definition) is 1. The predicted molar refractivity (Wildman–Crippen MR) is 109 cm³/mol. The molecule has 160 valence electrons. The molecule has 0 bridgehead atoms. The standard InChI is InChI=1S/C24H30F4O/c1-3-5-7-9-11-17-12-13-18(22(26)21(17)25)19-14-15-20(24(28)23(19)27)29-16-10-8-6-4-2/h12-15H,3-11,16H2,1-2H3. The number of aryl methyl sites for hydroxylation is 1. The van der Waals surface area contributed by atoms with Crippen molar-refractivity contribution in [3.05, 3.63) is 53.1 Å². The van der Waals surface area contributed by atoms with Crippen molar-refractivity contribution >= 4 is 0 Å². The Kier molecular flexibility index (Phi) is 9.49. The molecule has 0 aliphatic heterocycles. The molecule has 0 N–H and O–H groups in total. The van der Waals surface area contributed by atoms with Gasteiger partial charge in [-0.2, -0.15) is 4.39 Å². The zero-order valence-corrected chi connectivity index (χ0v) is 17.3. The van der Waals surface area contributed by atoms with Gasteiger partial charge in [0, 0.05) is 11.1 Å². The summed E-state index contributed by atoms with van der Waals surface area (Å²) in [6.07, 6.45) is 8.04. The average Bonchev–Trinajstić information content (AvgIpc) is 2.72. The maximum atomic E-state index is 14.6. The fourth-order valence-corrected chi connectivity index (χ4v) is 3.29. The Balaban J connectivity index is 2.15. The van der Waals surface area contributed by atoms with Gasteiger partial charge in [0.05, 0.1) is 6.61 Å². The summed E-state index contributed by atoms with van der Waals surface area (Å²) in [6, 6.07) is 5.27. The minimum Gasteiger partial charge on any atom is -0.490 e. The fraction of sp³-hybridized carbons (Fsp3) is 0.500. The summed E-state index contributed by atoms with van der Waals surface area (Å²) in [6.45, 7) is 4.44. The maximum absolute atomic E-state index is 14.6. The lowest BCUT2D eigenvalue weighted by molar-refractivity contribution is 0.285. The summed E-state index contributed by atoms with van der Waals surface area (Å²) in [5, 5.41) is 0. The zero-order valence-electron chi connectivity index (χ0n) is 17.3. The van der Waals surface area contributed by atoms with Gasteiger partial charge in [0.25, 0.3) is 0 Å². The van der Waals surface area contributed by atoms with Gasteiger partial charge in [-0.1, -0.05) is 64.5 Å². The van der Waals surface area contributed by atoms with Crippen LogP contribution >= 0.6 is 0 Å². The highest BCUT2D eigenvalue weighted by Gasteiger charge is 2.21. The van der Waals surface area contributed by atoms with Crippen LogP contribution < -0.4 is 4.74 Å². The summed E-state index contributed by atoms with van der Waals surface area (Å²) in [7, 11) is 0. The summed E-state index contributed by atoms with van der Waals surface area (Å²) < 4.78 is 63.2. The van der Waals surface area contributed by atoms with E-state index in [9.17, 15) is 17.6 Å². The van der Waals surface area contributed by atoms with E-state index >= 15 is 0 Å². The average molecular weight is 410 g/mol. The molecule has 0 aliphatic rings. The summed E-state index contributed by atoms with van der Waals surface area (Å²) in [4.78, 5) is 0. The van der Waals surface area contributed by atoms with Gasteiger partial charge in [0.1, 0.15) is 0 Å². The van der Waals surface area contributed by atoms with Crippen molar-refractivity contribution in [2.75, 3.05) is 6.61 Å². The Labute approximate surface area is 171 Å². The molecule has 0 saturated carbocycles. The molecule has 0 spiro atoms. The van der Waals surface area contributed by atoms with E-state index in [-0.39, 0.29) is 29.0 Å². The third-order valence-electron chi connectivity index (χ3n) is 5.05. The van der Waals surface area contributed by atoms with Crippen molar-refractivity contribution in [3.8, 4) is 16.9 Å². The highest BCUT2D eigenvalue weighted by Crippen LogP contribution is 2.33. The van der Waals surface area contributed by atoms with Crippen LogP contribution in [0.1, 0.15) is 70.8 Å². The quantitative estimate of drug-likeness (QED) is 0.254. The van der Waals surface area contributed by atoms with E-state index in [0.717, 1.165) is 51.4 Å². The van der Waals surface area contributed by atoms with Gasteiger partial charge < -0.3 is 4.74 Å². The topological polar surface area (TPSA) is 9.23 Å². The molecule has 29 heavy (non-hydrogen) atoms. The summed E-state index contributed by atoms with van der Waals surface area (Å²) >= 11 is 0. The van der Waals surface area contributed by atoms with Crippen LogP contribution in [-0.4, -0.2) is 6.61 Å². The zero-order chi connectivity index (χ0) is 21.2. The molecule has 0 aromatic heterocycles. The number of rotatable bonds is 12. The smallest absolute Gasteiger partial charge is 0.201 e. The van der Waals surface area contributed by atoms with Crippen LogP contribution in [0.4, 0.5) is 17.6 Å². The Hall–Kier alpha value is -2.04. The van der Waals surface area contributed by atoms with E-state index in [0.29, 0.717) is 6.42 Å². The van der Waals surface area contributed by atoms with Crippen molar-refractivity contribution in [2.45, 2.75) is 71.6 Å². The lowest BCUT2D eigenvalue weighted by atomic mass is 9.99. The van der Waals surface area contributed by atoms with Crippen LogP contribution in [0.15, 0.2) is 24.3 Å². The molecule has 1 nitrogen and oxygen atoms in total. The van der Waals surface area contributed by atoms with Crippen molar-refractivity contribution in [3.63, 3.8) is 0 Å². The van der Waals surface area contributed by atoms with Crippen LogP contribution in [0, 0.1) is 23.3 Å². The Bertz CT molecular complexity index is 789. The first-order valence-corrected chi connectivity index (χ1v) is 10.6. The number of ether oxygens (including phenoxy) is 1.